The Morgan fingerprint density at radius 3 is 2.07 bits per heavy atom. The van der Waals surface area contributed by atoms with Crippen molar-refractivity contribution in [3.05, 3.63) is 47.8 Å². The highest BCUT2D eigenvalue weighted by atomic mass is 19.1. The quantitative estimate of drug-likeness (QED) is 0.690. The maximum Gasteiger partial charge on any atom is 0.261 e. The zero-order valence-corrected chi connectivity index (χ0v) is 7.87. The third-order valence-electron chi connectivity index (χ3n) is 2.21. The van der Waals surface area contributed by atoms with Gasteiger partial charge in [0.2, 0.25) is 0 Å². The van der Waals surface area contributed by atoms with Gasteiger partial charge in [0.1, 0.15) is 5.83 Å². The third kappa shape index (κ3) is 1.44. The lowest BCUT2D eigenvalue weighted by molar-refractivity contribution is 0.0660. The molecular weight excluding hydrogens is 197 g/mol. The molecule has 1 aromatic carbocycles. The molecule has 1 heterocycles. The summed E-state index contributed by atoms with van der Waals surface area (Å²) in [4.78, 5) is 24.1. The molecule has 0 aliphatic carbocycles. The summed E-state index contributed by atoms with van der Waals surface area (Å²) in [7, 11) is 0. The van der Waals surface area contributed by atoms with E-state index in [9.17, 15) is 14.0 Å². The van der Waals surface area contributed by atoms with E-state index in [0.29, 0.717) is 11.1 Å². The molecule has 4 heteroatoms. The summed E-state index contributed by atoms with van der Waals surface area (Å²) < 4.78 is 12.6. The van der Waals surface area contributed by atoms with E-state index in [1.54, 1.807) is 24.3 Å². The molecule has 0 saturated heterocycles. The van der Waals surface area contributed by atoms with Crippen molar-refractivity contribution in [3.63, 3.8) is 0 Å². The minimum Gasteiger partial charge on any atom is -0.269 e. The van der Waals surface area contributed by atoms with Gasteiger partial charge in [-0.2, -0.15) is 0 Å². The molecule has 3 nitrogen and oxygen atoms in total. The first-order chi connectivity index (χ1) is 7.11. The van der Waals surface area contributed by atoms with Gasteiger partial charge in [-0.15, -0.1) is 0 Å². The summed E-state index contributed by atoms with van der Waals surface area (Å²) in [5.41, 5.74) is 0.646. The maximum absolute atomic E-state index is 12.6. The van der Waals surface area contributed by atoms with Crippen LogP contribution in [0.2, 0.25) is 0 Å². The second-order valence-electron chi connectivity index (χ2n) is 3.26. The van der Waals surface area contributed by atoms with Gasteiger partial charge in [0.15, 0.2) is 0 Å². The van der Waals surface area contributed by atoms with Gasteiger partial charge < -0.3 is 0 Å². The molecule has 2 amide bonds. The number of amides is 2. The number of halogens is 1. The molecule has 0 N–H and O–H groups in total. The molecule has 0 spiro atoms. The molecule has 2 rings (SSSR count). The number of hydrogen-bond acceptors (Lipinski definition) is 2. The molecule has 0 fully saturated rings. The first-order valence-electron chi connectivity index (χ1n) is 4.40. The molecule has 15 heavy (non-hydrogen) atoms. The van der Waals surface area contributed by atoms with Crippen LogP contribution in [0, 0.1) is 0 Å². The van der Waals surface area contributed by atoms with Gasteiger partial charge in [-0.25, -0.2) is 4.39 Å². The van der Waals surface area contributed by atoms with Crippen molar-refractivity contribution in [2.75, 3.05) is 6.54 Å². The average Bonchev–Trinajstić information content (AvgIpc) is 2.44. The summed E-state index contributed by atoms with van der Waals surface area (Å²) in [6.07, 6.45) is 0. The van der Waals surface area contributed by atoms with Crippen molar-refractivity contribution in [1.82, 2.24) is 4.90 Å². The van der Waals surface area contributed by atoms with Gasteiger partial charge in [-0.05, 0) is 12.1 Å². The SMILES string of the molecule is C=C(F)CN1C(=O)c2ccccc2C1=O. The van der Waals surface area contributed by atoms with Crippen molar-refractivity contribution in [1.29, 1.82) is 0 Å². The lowest BCUT2D eigenvalue weighted by atomic mass is 10.1. The van der Waals surface area contributed by atoms with Gasteiger partial charge in [0.05, 0.1) is 17.7 Å². The molecule has 0 atom stereocenters. The normalized spacial score (nSPS) is 14.3. The summed E-state index contributed by atoms with van der Waals surface area (Å²) in [5, 5.41) is 0. The van der Waals surface area contributed by atoms with E-state index in [0.717, 1.165) is 4.90 Å². The highest BCUT2D eigenvalue weighted by Gasteiger charge is 2.35. The van der Waals surface area contributed by atoms with Crippen LogP contribution in [0.15, 0.2) is 36.7 Å². The number of hydrogen-bond donors (Lipinski definition) is 0. The Bertz CT molecular complexity index is 432. The molecule has 1 aliphatic rings. The Morgan fingerprint density at radius 1 is 1.20 bits per heavy atom. The van der Waals surface area contributed by atoms with Crippen molar-refractivity contribution >= 4 is 11.8 Å². The highest BCUT2D eigenvalue weighted by Crippen LogP contribution is 2.22. The lowest BCUT2D eigenvalue weighted by Gasteiger charge is -2.10. The van der Waals surface area contributed by atoms with Crippen molar-refractivity contribution in [2.24, 2.45) is 0 Å². The molecule has 0 unspecified atom stereocenters. The van der Waals surface area contributed by atoms with E-state index in [1.807, 2.05) is 0 Å². The molecule has 0 aromatic heterocycles. The summed E-state index contributed by atoms with van der Waals surface area (Å²) in [6.45, 7) is 2.67. The van der Waals surface area contributed by atoms with Crippen LogP contribution >= 0.6 is 0 Å². The van der Waals surface area contributed by atoms with Crippen LogP contribution < -0.4 is 0 Å². The van der Waals surface area contributed by atoms with Crippen LogP contribution in [0.5, 0.6) is 0 Å². The minimum atomic E-state index is -0.704. The van der Waals surface area contributed by atoms with E-state index in [-0.39, 0.29) is 6.54 Å². The monoisotopic (exact) mass is 205 g/mol. The van der Waals surface area contributed by atoms with Crippen LogP contribution in [0.1, 0.15) is 20.7 Å². The number of fused-ring (bicyclic) bond motifs is 1. The molecular formula is C11H8FNO2. The van der Waals surface area contributed by atoms with Crippen molar-refractivity contribution < 1.29 is 14.0 Å². The van der Waals surface area contributed by atoms with E-state index in [4.69, 9.17) is 0 Å². The van der Waals surface area contributed by atoms with Crippen LogP contribution in [0.3, 0.4) is 0 Å². The fraction of sp³-hybridized carbons (Fsp3) is 0.0909. The molecule has 1 aliphatic heterocycles. The van der Waals surface area contributed by atoms with Gasteiger partial charge in [-0.3, -0.25) is 14.5 Å². The third-order valence-corrected chi connectivity index (χ3v) is 2.21. The molecule has 0 radical (unpaired) electrons. The van der Waals surface area contributed by atoms with Crippen LogP contribution in [-0.4, -0.2) is 23.3 Å². The first-order valence-corrected chi connectivity index (χ1v) is 4.40. The predicted octanol–water partition coefficient (Wildman–Crippen LogP) is 1.77. The smallest absolute Gasteiger partial charge is 0.261 e. The number of carbonyl (C=O) groups is 2. The minimum absolute atomic E-state index is 0.323. The first kappa shape index (κ1) is 9.58. The van der Waals surface area contributed by atoms with Gasteiger partial charge in [0, 0.05) is 0 Å². The van der Waals surface area contributed by atoms with Crippen LogP contribution in [0.25, 0.3) is 0 Å². The fourth-order valence-corrected chi connectivity index (χ4v) is 1.55. The average molecular weight is 205 g/mol. The summed E-state index contributed by atoms with van der Waals surface area (Å²) >= 11 is 0. The van der Waals surface area contributed by atoms with E-state index in [1.165, 1.54) is 0 Å². The summed E-state index contributed by atoms with van der Waals surface area (Å²) in [6, 6.07) is 6.43. The fourth-order valence-electron chi connectivity index (χ4n) is 1.55. The Balaban J connectivity index is 2.41. The van der Waals surface area contributed by atoms with E-state index >= 15 is 0 Å². The predicted molar refractivity (Wildman–Crippen MR) is 52.1 cm³/mol. The van der Waals surface area contributed by atoms with E-state index < -0.39 is 17.6 Å². The molecule has 1 aromatic rings. The second kappa shape index (κ2) is 3.31. The van der Waals surface area contributed by atoms with Gasteiger partial charge in [0.25, 0.3) is 11.8 Å². The molecule has 0 saturated carbocycles. The number of imide groups is 1. The molecule has 76 valence electrons. The maximum atomic E-state index is 12.6. The Morgan fingerprint density at radius 2 is 1.67 bits per heavy atom. The van der Waals surface area contributed by atoms with E-state index in [2.05, 4.69) is 6.58 Å². The Kier molecular flexibility index (Phi) is 2.11. The standard InChI is InChI=1S/C11H8FNO2/c1-7(12)6-13-10(14)8-4-2-3-5-9(8)11(13)15/h2-5H,1,6H2. The zero-order chi connectivity index (χ0) is 11.0. The topological polar surface area (TPSA) is 37.4 Å². The Labute approximate surface area is 85.8 Å². The van der Waals surface area contributed by atoms with Gasteiger partial charge in [-0.1, -0.05) is 18.7 Å². The molecule has 0 bridgehead atoms. The number of rotatable bonds is 2. The summed E-state index contributed by atoms with van der Waals surface area (Å²) in [5.74, 6) is -1.63. The Hall–Kier alpha value is -1.97. The van der Waals surface area contributed by atoms with Gasteiger partial charge >= 0.3 is 0 Å². The lowest BCUT2D eigenvalue weighted by Crippen LogP contribution is -2.30. The second-order valence-corrected chi connectivity index (χ2v) is 3.26. The van der Waals surface area contributed by atoms with Crippen LogP contribution in [0.4, 0.5) is 4.39 Å². The number of carbonyl (C=O) groups excluding carboxylic acids is 2. The zero-order valence-electron chi connectivity index (χ0n) is 7.87. The highest BCUT2D eigenvalue weighted by molar-refractivity contribution is 6.21. The number of benzene rings is 1. The van der Waals surface area contributed by atoms with Crippen molar-refractivity contribution in [2.45, 2.75) is 0 Å². The number of nitrogens with zero attached hydrogens (tertiary/aromatic N) is 1. The van der Waals surface area contributed by atoms with Crippen LogP contribution in [-0.2, 0) is 0 Å². The largest absolute Gasteiger partial charge is 0.269 e. The van der Waals surface area contributed by atoms with Crippen molar-refractivity contribution in [3.8, 4) is 0 Å².